The molecule has 6 aromatic heterocycles. The number of imidazole rings is 1. The minimum Gasteiger partial charge on any atom is -0.472 e. The van der Waals surface area contributed by atoms with E-state index in [0.717, 1.165) is 33.3 Å². The van der Waals surface area contributed by atoms with Crippen molar-refractivity contribution in [3.05, 3.63) is 61.7 Å². The molecule has 2 N–H and O–H groups in total. The third-order valence-electron chi connectivity index (χ3n) is 4.72. The molecule has 0 aliphatic carbocycles. The predicted molar refractivity (Wildman–Crippen MR) is 105 cm³/mol. The molecule has 6 rings (SSSR count). The van der Waals surface area contributed by atoms with Crippen LogP contribution in [-0.4, -0.2) is 40.1 Å². The predicted octanol–water partition coefficient (Wildman–Crippen LogP) is 3.61. The normalized spacial score (nSPS) is 11.4. The van der Waals surface area contributed by atoms with Gasteiger partial charge in [0, 0.05) is 41.5 Å². The maximum Gasteiger partial charge on any atom is 0.161 e. The Bertz CT molecular complexity index is 1450. The van der Waals surface area contributed by atoms with Gasteiger partial charge in [-0.2, -0.15) is 5.10 Å². The molecule has 0 aliphatic rings. The second-order valence-corrected chi connectivity index (χ2v) is 6.44. The summed E-state index contributed by atoms with van der Waals surface area (Å²) in [6.45, 7) is 0. The second-order valence-electron chi connectivity index (χ2n) is 6.44. The van der Waals surface area contributed by atoms with Gasteiger partial charge < -0.3 is 9.40 Å². The molecular weight excluding hydrogens is 368 g/mol. The zero-order valence-electron chi connectivity index (χ0n) is 14.9. The maximum absolute atomic E-state index is 5.21. The summed E-state index contributed by atoms with van der Waals surface area (Å²) in [5.41, 5.74) is 6.21. The largest absolute Gasteiger partial charge is 0.472 e. The quantitative estimate of drug-likeness (QED) is 0.481. The monoisotopic (exact) mass is 380 g/mol. The molecule has 6 aromatic rings. The van der Waals surface area contributed by atoms with Gasteiger partial charge in [-0.1, -0.05) is 0 Å². The summed E-state index contributed by atoms with van der Waals surface area (Å²) in [5.74, 6) is 0.604. The van der Waals surface area contributed by atoms with Crippen molar-refractivity contribution in [2.45, 2.75) is 0 Å². The van der Waals surface area contributed by atoms with Crippen LogP contribution in [0.1, 0.15) is 0 Å². The molecule has 0 atom stereocenters. The van der Waals surface area contributed by atoms with Gasteiger partial charge in [-0.15, -0.1) is 0 Å². The number of H-pyrrole nitrogens is 2. The molecule has 0 aromatic carbocycles. The number of aromatic nitrogens is 8. The lowest BCUT2D eigenvalue weighted by Crippen LogP contribution is -1.87. The van der Waals surface area contributed by atoms with Gasteiger partial charge in [-0.05, 0) is 18.2 Å². The maximum atomic E-state index is 5.21. The smallest absolute Gasteiger partial charge is 0.161 e. The Morgan fingerprint density at radius 2 is 1.90 bits per heavy atom. The van der Waals surface area contributed by atoms with E-state index in [9.17, 15) is 0 Å². The lowest BCUT2D eigenvalue weighted by atomic mass is 10.1. The first kappa shape index (κ1) is 15.6. The van der Waals surface area contributed by atoms with Crippen LogP contribution in [0.3, 0.4) is 0 Å². The number of hydrogen-bond donors (Lipinski definition) is 2. The zero-order chi connectivity index (χ0) is 19.2. The average molecular weight is 380 g/mol. The zero-order valence-corrected chi connectivity index (χ0v) is 14.9. The number of fused-ring (bicyclic) bond motifs is 2. The third-order valence-corrected chi connectivity index (χ3v) is 4.72. The van der Waals surface area contributed by atoms with Crippen LogP contribution in [0.2, 0.25) is 0 Å². The topological polar surface area (TPSA) is 122 Å². The van der Waals surface area contributed by atoms with Crippen molar-refractivity contribution in [2.75, 3.05) is 0 Å². The fourth-order valence-electron chi connectivity index (χ4n) is 3.35. The first-order valence-corrected chi connectivity index (χ1v) is 8.85. The van der Waals surface area contributed by atoms with Gasteiger partial charge >= 0.3 is 0 Å². The highest BCUT2D eigenvalue weighted by atomic mass is 16.3. The molecular formula is C20H12N8O. The number of nitrogens with zero attached hydrogens (tertiary/aromatic N) is 6. The molecule has 9 nitrogen and oxygen atoms in total. The molecule has 0 bridgehead atoms. The van der Waals surface area contributed by atoms with Crippen LogP contribution in [0.5, 0.6) is 0 Å². The Balaban J connectivity index is 1.53. The fourth-order valence-corrected chi connectivity index (χ4v) is 3.35. The van der Waals surface area contributed by atoms with Crippen LogP contribution in [0.4, 0.5) is 0 Å². The van der Waals surface area contributed by atoms with E-state index in [1.165, 1.54) is 0 Å². The lowest BCUT2D eigenvalue weighted by Gasteiger charge is -1.99. The molecule has 0 amide bonds. The Morgan fingerprint density at radius 3 is 2.76 bits per heavy atom. The Labute approximate surface area is 162 Å². The van der Waals surface area contributed by atoms with Gasteiger partial charge in [-0.3, -0.25) is 15.1 Å². The van der Waals surface area contributed by atoms with E-state index >= 15 is 0 Å². The Morgan fingerprint density at radius 1 is 0.897 bits per heavy atom. The second kappa shape index (κ2) is 6.06. The first-order chi connectivity index (χ1) is 14.4. The van der Waals surface area contributed by atoms with Gasteiger partial charge in [0.2, 0.25) is 0 Å². The molecule has 0 saturated heterocycles. The summed E-state index contributed by atoms with van der Waals surface area (Å²) in [6.07, 6.45) is 11.8. The summed E-state index contributed by atoms with van der Waals surface area (Å²) >= 11 is 0. The molecule has 0 aliphatic heterocycles. The summed E-state index contributed by atoms with van der Waals surface area (Å²) in [4.78, 5) is 25.4. The van der Waals surface area contributed by atoms with Crippen LogP contribution < -0.4 is 0 Å². The van der Waals surface area contributed by atoms with Crippen molar-refractivity contribution in [3.63, 3.8) is 0 Å². The minimum absolute atomic E-state index is 0.604. The fraction of sp³-hybridized carbons (Fsp3) is 0. The molecule has 0 unspecified atom stereocenters. The van der Waals surface area contributed by atoms with E-state index in [4.69, 9.17) is 9.40 Å². The molecule has 29 heavy (non-hydrogen) atoms. The highest BCUT2D eigenvalue weighted by molar-refractivity contribution is 5.95. The number of hydrogen-bond acceptors (Lipinski definition) is 7. The van der Waals surface area contributed by atoms with E-state index in [1.54, 1.807) is 43.5 Å². The van der Waals surface area contributed by atoms with Crippen molar-refractivity contribution in [1.82, 2.24) is 40.1 Å². The molecule has 0 radical (unpaired) electrons. The van der Waals surface area contributed by atoms with Gasteiger partial charge in [0.1, 0.15) is 11.2 Å². The average Bonchev–Trinajstić information content (AvgIpc) is 3.52. The van der Waals surface area contributed by atoms with Crippen LogP contribution in [0, 0.1) is 0 Å². The number of pyridine rings is 2. The number of rotatable bonds is 3. The number of aromatic amines is 2. The van der Waals surface area contributed by atoms with Crippen molar-refractivity contribution in [3.8, 4) is 33.9 Å². The first-order valence-electron chi connectivity index (χ1n) is 8.85. The van der Waals surface area contributed by atoms with Gasteiger partial charge in [-0.25, -0.2) is 15.0 Å². The molecule has 0 fully saturated rings. The van der Waals surface area contributed by atoms with E-state index in [1.807, 2.05) is 18.2 Å². The SMILES string of the molecule is c1cnc(-c2cnc3[nH]nc(-c4nc5c(-c6ccoc6)ccnc5[nH]4)c3c2)cn1. The van der Waals surface area contributed by atoms with Gasteiger partial charge in [0.25, 0.3) is 0 Å². The van der Waals surface area contributed by atoms with Crippen molar-refractivity contribution < 1.29 is 4.42 Å². The van der Waals surface area contributed by atoms with E-state index in [-0.39, 0.29) is 0 Å². The minimum atomic E-state index is 0.604. The van der Waals surface area contributed by atoms with Crippen molar-refractivity contribution in [1.29, 1.82) is 0 Å². The summed E-state index contributed by atoms with van der Waals surface area (Å²) < 4.78 is 5.21. The Hall–Kier alpha value is -4.40. The van der Waals surface area contributed by atoms with Gasteiger partial charge in [0.05, 0.1) is 29.8 Å². The van der Waals surface area contributed by atoms with Crippen LogP contribution >= 0.6 is 0 Å². The molecule has 9 heteroatoms. The van der Waals surface area contributed by atoms with Gasteiger partial charge in [0.15, 0.2) is 17.1 Å². The van der Waals surface area contributed by atoms with Crippen molar-refractivity contribution >= 4 is 22.2 Å². The number of nitrogens with one attached hydrogen (secondary N) is 2. The molecule has 6 heterocycles. The van der Waals surface area contributed by atoms with Crippen LogP contribution in [0.25, 0.3) is 56.1 Å². The number of furan rings is 1. The molecule has 0 saturated carbocycles. The Kier molecular flexibility index (Phi) is 3.27. The van der Waals surface area contributed by atoms with E-state index in [2.05, 4.69) is 35.1 Å². The van der Waals surface area contributed by atoms with Crippen LogP contribution in [0.15, 0.2) is 66.1 Å². The van der Waals surface area contributed by atoms with E-state index in [0.29, 0.717) is 22.8 Å². The van der Waals surface area contributed by atoms with Crippen LogP contribution in [-0.2, 0) is 0 Å². The summed E-state index contributed by atoms with van der Waals surface area (Å²) in [6, 6.07) is 5.78. The highest BCUT2D eigenvalue weighted by Crippen LogP contribution is 2.31. The lowest BCUT2D eigenvalue weighted by molar-refractivity contribution is 0.568. The molecule has 138 valence electrons. The summed E-state index contributed by atoms with van der Waals surface area (Å²) in [5, 5.41) is 8.21. The summed E-state index contributed by atoms with van der Waals surface area (Å²) in [7, 11) is 0. The van der Waals surface area contributed by atoms with Crippen molar-refractivity contribution in [2.24, 2.45) is 0 Å². The molecule has 0 spiro atoms. The standard InChI is InChI=1S/C20H12N8O/c1-3-23-19-16(13(1)11-2-6-29-10-11)25-20(26-19)17-14-7-12(8-24-18(14)28-27-17)15-9-21-4-5-22-15/h1-10H,(H,23,25,26)(H,24,27,28). The highest BCUT2D eigenvalue weighted by Gasteiger charge is 2.17. The third kappa shape index (κ3) is 2.48. The van der Waals surface area contributed by atoms with E-state index < -0.39 is 0 Å².